The molecule has 1 aromatic rings. The van der Waals surface area contributed by atoms with Gasteiger partial charge in [-0.1, -0.05) is 0 Å². The van der Waals surface area contributed by atoms with Gasteiger partial charge in [0.25, 0.3) is 0 Å². The topological polar surface area (TPSA) is 114 Å². The minimum Gasteiger partial charge on any atom is -0.497 e. The largest absolute Gasteiger partial charge is 0.497 e. The van der Waals surface area contributed by atoms with Crippen LogP contribution >= 0.6 is 11.8 Å². The summed E-state index contributed by atoms with van der Waals surface area (Å²) in [6.45, 7) is 11.2. The van der Waals surface area contributed by atoms with E-state index in [1.807, 2.05) is 41.5 Å². The molecule has 0 saturated carbocycles. The first-order chi connectivity index (χ1) is 17.8. The minimum atomic E-state index is -0.881. The number of amides is 2. The Kier molecular flexibility index (Phi) is 6.89. The summed E-state index contributed by atoms with van der Waals surface area (Å²) in [7, 11) is 3.07. The van der Waals surface area contributed by atoms with Crippen LogP contribution in [-0.2, 0) is 33.3 Å². The number of fused-ring (bicyclic) bond motifs is 3. The van der Waals surface area contributed by atoms with Crippen molar-refractivity contribution in [3.63, 3.8) is 0 Å². The van der Waals surface area contributed by atoms with E-state index < -0.39 is 58.4 Å². The Labute approximate surface area is 226 Å². The third-order valence-electron chi connectivity index (χ3n) is 7.18. The first-order valence-electron chi connectivity index (χ1n) is 12.6. The van der Waals surface area contributed by atoms with Crippen molar-refractivity contribution in [1.82, 2.24) is 4.90 Å². The van der Waals surface area contributed by atoms with Crippen molar-refractivity contribution in [1.29, 1.82) is 0 Å². The molecule has 0 aliphatic carbocycles. The third-order valence-corrected chi connectivity index (χ3v) is 8.77. The number of rotatable bonds is 6. The lowest BCUT2D eigenvalue weighted by Crippen LogP contribution is -2.61. The summed E-state index contributed by atoms with van der Waals surface area (Å²) in [5.41, 5.74) is 0.471. The summed E-state index contributed by atoms with van der Waals surface area (Å²) >= 11 is 1.48. The lowest BCUT2D eigenvalue weighted by Gasteiger charge is -2.41. The molecule has 2 amide bonds. The lowest BCUT2D eigenvalue weighted by molar-refractivity contribution is -0.239. The smallest absolute Gasteiger partial charge is 0.248 e. The fourth-order valence-electron chi connectivity index (χ4n) is 5.73. The van der Waals surface area contributed by atoms with Crippen LogP contribution in [0.1, 0.15) is 41.5 Å². The fourth-order valence-corrected chi connectivity index (χ4v) is 7.35. The van der Waals surface area contributed by atoms with E-state index in [0.29, 0.717) is 23.6 Å². The molecule has 1 aromatic carbocycles. The number of carbonyl (C=O) groups excluding carboxylic acids is 2. The van der Waals surface area contributed by atoms with Crippen LogP contribution in [0.5, 0.6) is 11.5 Å². The van der Waals surface area contributed by atoms with E-state index in [2.05, 4.69) is 5.32 Å². The van der Waals surface area contributed by atoms with Gasteiger partial charge in [-0.3, -0.25) is 9.59 Å². The minimum absolute atomic E-state index is 0.351. The third kappa shape index (κ3) is 4.75. The van der Waals surface area contributed by atoms with Crippen molar-refractivity contribution < 1.29 is 42.7 Å². The number of benzene rings is 1. The van der Waals surface area contributed by atoms with E-state index in [4.69, 9.17) is 33.2 Å². The average molecular weight is 553 g/mol. The number of hydrogen-bond acceptors (Lipinski definition) is 10. The molecule has 4 fully saturated rings. The number of methoxy groups -OCH3 is 2. The maximum Gasteiger partial charge on any atom is 0.248 e. The molecule has 1 N–H and O–H groups in total. The van der Waals surface area contributed by atoms with Crippen LogP contribution in [0.4, 0.5) is 5.69 Å². The van der Waals surface area contributed by atoms with E-state index in [9.17, 15) is 9.59 Å². The SMILES string of the molecule is COc1ccc(NC(=O)[C@H]2N(C=O)[C@H]([C@H]3O[C@@H]4OC(C)(C)O[C@@H]4[C@H]4OC(C)(C)O[C@H]43)SC2(C)C)c(OC)c1. The van der Waals surface area contributed by atoms with Crippen molar-refractivity contribution in [2.75, 3.05) is 19.5 Å². The molecule has 4 heterocycles. The highest BCUT2D eigenvalue weighted by Crippen LogP contribution is 2.52. The quantitative estimate of drug-likeness (QED) is 0.529. The van der Waals surface area contributed by atoms with Crippen LogP contribution in [0.25, 0.3) is 0 Å². The van der Waals surface area contributed by atoms with Gasteiger partial charge in [-0.05, 0) is 53.7 Å². The van der Waals surface area contributed by atoms with Gasteiger partial charge in [0.05, 0.1) is 19.9 Å². The van der Waals surface area contributed by atoms with Gasteiger partial charge in [-0.15, -0.1) is 11.8 Å². The highest BCUT2D eigenvalue weighted by molar-refractivity contribution is 8.01. The molecule has 38 heavy (non-hydrogen) atoms. The standard InChI is InChI=1S/C26H36N2O9S/c1-24(2)20(21(30)27-14-10-9-13(31-7)11-15(14)32-8)28(12-29)22(38-24)18-16-17(35-25(3,4)34-16)19-23(33-18)37-26(5,6)36-19/h9-12,16-20,22-23H,1-8H3,(H,27,30)/t16-,17+,18+,19-,20-,22+,23-/m1/s1. The molecule has 7 atom stereocenters. The van der Waals surface area contributed by atoms with Crippen LogP contribution in [-0.4, -0.2) is 89.9 Å². The number of anilines is 1. The zero-order valence-electron chi connectivity index (χ0n) is 22.9. The van der Waals surface area contributed by atoms with Gasteiger partial charge in [0.1, 0.15) is 47.3 Å². The highest BCUT2D eigenvalue weighted by Gasteiger charge is 2.65. The Morgan fingerprint density at radius 3 is 2.21 bits per heavy atom. The monoisotopic (exact) mass is 552 g/mol. The predicted octanol–water partition coefficient (Wildman–Crippen LogP) is 2.72. The summed E-state index contributed by atoms with van der Waals surface area (Å²) in [4.78, 5) is 27.8. The van der Waals surface area contributed by atoms with Crippen LogP contribution in [0, 0.1) is 0 Å². The molecule has 4 saturated heterocycles. The second-order valence-corrected chi connectivity index (χ2v) is 13.0. The summed E-state index contributed by atoms with van der Waals surface area (Å²) in [6, 6.07) is 4.30. The van der Waals surface area contributed by atoms with E-state index in [1.54, 1.807) is 25.3 Å². The van der Waals surface area contributed by atoms with Crippen LogP contribution in [0.15, 0.2) is 18.2 Å². The number of nitrogens with one attached hydrogen (secondary N) is 1. The first kappa shape index (κ1) is 27.5. The van der Waals surface area contributed by atoms with Crippen LogP contribution in [0.3, 0.4) is 0 Å². The summed E-state index contributed by atoms with van der Waals surface area (Å²) in [5, 5.41) is 2.38. The Morgan fingerprint density at radius 1 is 0.947 bits per heavy atom. The molecule has 4 aliphatic heterocycles. The molecule has 210 valence electrons. The van der Waals surface area contributed by atoms with Gasteiger partial charge in [0, 0.05) is 10.8 Å². The number of nitrogens with zero attached hydrogens (tertiary/aromatic N) is 1. The molecule has 0 bridgehead atoms. The van der Waals surface area contributed by atoms with Gasteiger partial charge in [-0.2, -0.15) is 0 Å². The van der Waals surface area contributed by atoms with E-state index >= 15 is 0 Å². The molecule has 0 aromatic heterocycles. The van der Waals surface area contributed by atoms with Crippen LogP contribution < -0.4 is 14.8 Å². The number of thioether (sulfide) groups is 1. The molecule has 0 unspecified atom stereocenters. The molecule has 0 spiro atoms. The van der Waals surface area contributed by atoms with Crippen LogP contribution in [0.2, 0.25) is 0 Å². The van der Waals surface area contributed by atoms with Crippen molar-refractivity contribution in [3.8, 4) is 11.5 Å². The lowest BCUT2D eigenvalue weighted by atomic mass is 9.96. The highest BCUT2D eigenvalue weighted by atomic mass is 32.2. The Hall–Kier alpha value is -2.09. The summed E-state index contributed by atoms with van der Waals surface area (Å²) in [6.07, 6.45) is -2.14. The molecule has 12 heteroatoms. The Bertz CT molecular complexity index is 1100. The van der Waals surface area contributed by atoms with Gasteiger partial charge < -0.3 is 43.4 Å². The normalized spacial score (nSPS) is 36.3. The zero-order chi connectivity index (χ0) is 27.6. The molecule has 5 rings (SSSR count). The maximum atomic E-state index is 13.7. The van der Waals surface area contributed by atoms with Gasteiger partial charge >= 0.3 is 0 Å². The first-order valence-corrected chi connectivity index (χ1v) is 13.5. The second kappa shape index (κ2) is 9.53. The molecular formula is C26H36N2O9S. The summed E-state index contributed by atoms with van der Waals surface area (Å²) in [5.74, 6) is -1.06. The zero-order valence-corrected chi connectivity index (χ0v) is 23.7. The van der Waals surface area contributed by atoms with Crippen molar-refractivity contribution >= 4 is 29.8 Å². The molecular weight excluding hydrogens is 516 g/mol. The molecule has 0 radical (unpaired) electrons. The van der Waals surface area contributed by atoms with Crippen molar-refractivity contribution in [2.45, 2.75) is 100.0 Å². The van der Waals surface area contributed by atoms with Crippen molar-refractivity contribution in [3.05, 3.63) is 18.2 Å². The second-order valence-electron chi connectivity index (χ2n) is 11.3. The van der Waals surface area contributed by atoms with Gasteiger partial charge in [-0.25, -0.2) is 0 Å². The number of ether oxygens (including phenoxy) is 7. The molecule has 11 nitrogen and oxygen atoms in total. The Balaban J connectivity index is 1.43. The number of carbonyl (C=O) groups is 2. The summed E-state index contributed by atoms with van der Waals surface area (Å²) < 4.78 is 41.1. The van der Waals surface area contributed by atoms with Gasteiger partial charge in [0.2, 0.25) is 12.3 Å². The van der Waals surface area contributed by atoms with E-state index in [1.165, 1.54) is 23.8 Å². The molecule has 4 aliphatic rings. The maximum absolute atomic E-state index is 13.7. The number of hydrogen-bond donors (Lipinski definition) is 1. The fraction of sp³-hybridized carbons (Fsp3) is 0.692. The predicted molar refractivity (Wildman–Crippen MR) is 138 cm³/mol. The van der Waals surface area contributed by atoms with Crippen molar-refractivity contribution in [2.24, 2.45) is 0 Å². The average Bonchev–Trinajstić information content (AvgIpc) is 3.43. The van der Waals surface area contributed by atoms with E-state index in [-0.39, 0.29) is 5.91 Å². The van der Waals surface area contributed by atoms with Gasteiger partial charge in [0.15, 0.2) is 17.9 Å². The Morgan fingerprint density at radius 2 is 1.58 bits per heavy atom. The van der Waals surface area contributed by atoms with E-state index in [0.717, 1.165) is 0 Å².